The van der Waals surface area contributed by atoms with Crippen LogP contribution in [0.3, 0.4) is 0 Å². The minimum atomic E-state index is -5.08. The zero-order valence-corrected chi connectivity index (χ0v) is 15.9. The molecular formula is C19H21F3N4O3. The Bertz CT molecular complexity index is 893. The van der Waals surface area contributed by atoms with Crippen LogP contribution < -0.4 is 0 Å². The lowest BCUT2D eigenvalue weighted by molar-refractivity contribution is -0.192. The molecule has 7 nitrogen and oxygen atoms in total. The molecule has 2 aromatic heterocycles. The van der Waals surface area contributed by atoms with E-state index < -0.39 is 12.1 Å². The average Bonchev–Trinajstić information content (AvgIpc) is 3.31. The molecule has 3 aromatic rings. The SMILES string of the molecule is Cc1onc(-c2ccccc2)c1CN(C)CCc1cn[nH]c1.O=C(O)C(F)(F)F. The number of rotatable bonds is 6. The zero-order valence-electron chi connectivity index (χ0n) is 15.9. The summed E-state index contributed by atoms with van der Waals surface area (Å²) in [7, 11) is 2.11. The van der Waals surface area contributed by atoms with Crippen LogP contribution in [0.15, 0.2) is 47.2 Å². The Kier molecular flexibility index (Phi) is 7.54. The first-order chi connectivity index (χ1) is 13.7. The molecule has 0 saturated carbocycles. The third kappa shape index (κ3) is 6.75. The topological polar surface area (TPSA) is 95.3 Å². The minimum absolute atomic E-state index is 0.817. The van der Waals surface area contributed by atoms with Gasteiger partial charge in [-0.25, -0.2) is 4.79 Å². The van der Waals surface area contributed by atoms with Crippen molar-refractivity contribution in [2.75, 3.05) is 13.6 Å². The van der Waals surface area contributed by atoms with E-state index in [9.17, 15) is 13.2 Å². The summed E-state index contributed by atoms with van der Waals surface area (Å²) in [5.41, 5.74) is 4.41. The normalized spacial score (nSPS) is 11.2. The van der Waals surface area contributed by atoms with Gasteiger partial charge in [-0.05, 0) is 26.0 Å². The van der Waals surface area contributed by atoms with Crippen LogP contribution >= 0.6 is 0 Å². The summed E-state index contributed by atoms with van der Waals surface area (Å²) in [5.74, 6) is -1.87. The number of H-pyrrole nitrogens is 1. The quantitative estimate of drug-likeness (QED) is 0.644. The predicted octanol–water partition coefficient (Wildman–Crippen LogP) is 3.68. The molecule has 0 atom stereocenters. The molecule has 0 bridgehead atoms. The molecule has 156 valence electrons. The number of hydrogen-bond acceptors (Lipinski definition) is 5. The maximum absolute atomic E-state index is 10.6. The molecule has 0 aliphatic heterocycles. The van der Waals surface area contributed by atoms with Gasteiger partial charge in [0.2, 0.25) is 0 Å². The van der Waals surface area contributed by atoms with E-state index in [0.717, 1.165) is 42.1 Å². The molecule has 0 amide bonds. The van der Waals surface area contributed by atoms with Gasteiger partial charge in [-0.15, -0.1) is 0 Å². The fraction of sp³-hybridized carbons (Fsp3) is 0.316. The molecule has 0 spiro atoms. The van der Waals surface area contributed by atoms with Crippen molar-refractivity contribution in [1.82, 2.24) is 20.3 Å². The van der Waals surface area contributed by atoms with Gasteiger partial charge in [0.1, 0.15) is 11.5 Å². The summed E-state index contributed by atoms with van der Waals surface area (Å²) in [6.07, 6.45) is -0.306. The number of alkyl halides is 3. The summed E-state index contributed by atoms with van der Waals surface area (Å²) in [6.45, 7) is 3.74. The third-order valence-corrected chi connectivity index (χ3v) is 4.04. The molecule has 10 heteroatoms. The Morgan fingerprint density at radius 1 is 1.28 bits per heavy atom. The number of aliphatic carboxylic acids is 1. The summed E-state index contributed by atoms with van der Waals surface area (Å²) in [5, 5.41) is 18.2. The number of hydrogen-bond donors (Lipinski definition) is 2. The predicted molar refractivity (Wildman–Crippen MR) is 99.0 cm³/mol. The third-order valence-electron chi connectivity index (χ3n) is 4.04. The monoisotopic (exact) mass is 410 g/mol. The van der Waals surface area contributed by atoms with E-state index >= 15 is 0 Å². The fourth-order valence-corrected chi connectivity index (χ4v) is 2.48. The molecule has 2 N–H and O–H groups in total. The van der Waals surface area contributed by atoms with E-state index in [1.807, 2.05) is 37.5 Å². The van der Waals surface area contributed by atoms with Crippen molar-refractivity contribution in [1.29, 1.82) is 0 Å². The average molecular weight is 410 g/mol. The van der Waals surface area contributed by atoms with Gasteiger partial charge in [0.25, 0.3) is 0 Å². The summed E-state index contributed by atoms with van der Waals surface area (Å²) in [4.78, 5) is 11.2. The lowest BCUT2D eigenvalue weighted by atomic mass is 10.1. The number of aryl methyl sites for hydroxylation is 1. The molecule has 0 unspecified atom stereocenters. The maximum Gasteiger partial charge on any atom is 0.490 e. The molecule has 0 aliphatic carbocycles. The van der Waals surface area contributed by atoms with Crippen LogP contribution in [0.5, 0.6) is 0 Å². The molecule has 3 rings (SSSR count). The van der Waals surface area contributed by atoms with Crippen molar-refractivity contribution < 1.29 is 27.6 Å². The summed E-state index contributed by atoms with van der Waals surface area (Å²) < 4.78 is 37.1. The van der Waals surface area contributed by atoms with Gasteiger partial charge in [0.05, 0.1) is 6.20 Å². The molecule has 2 heterocycles. The van der Waals surface area contributed by atoms with Gasteiger partial charge in [-0.3, -0.25) is 5.10 Å². The van der Waals surface area contributed by atoms with Crippen LogP contribution in [-0.2, 0) is 17.8 Å². The van der Waals surface area contributed by atoms with E-state index in [0.29, 0.717) is 0 Å². The number of nitrogens with one attached hydrogen (secondary N) is 1. The molecule has 29 heavy (non-hydrogen) atoms. The zero-order chi connectivity index (χ0) is 21.4. The van der Waals surface area contributed by atoms with E-state index in [1.54, 1.807) is 0 Å². The van der Waals surface area contributed by atoms with Crippen molar-refractivity contribution in [3.05, 3.63) is 59.6 Å². The van der Waals surface area contributed by atoms with Gasteiger partial charge in [0.15, 0.2) is 0 Å². The molecule has 1 aromatic carbocycles. The Morgan fingerprint density at radius 2 is 1.93 bits per heavy atom. The summed E-state index contributed by atoms with van der Waals surface area (Å²) in [6, 6.07) is 10.2. The van der Waals surface area contributed by atoms with Gasteiger partial charge >= 0.3 is 12.1 Å². The number of carbonyl (C=O) groups is 1. The Morgan fingerprint density at radius 3 is 2.48 bits per heavy atom. The van der Waals surface area contributed by atoms with Crippen molar-refractivity contribution in [3.63, 3.8) is 0 Å². The first-order valence-electron chi connectivity index (χ1n) is 8.65. The Labute approximate surface area is 165 Å². The van der Waals surface area contributed by atoms with E-state index in [-0.39, 0.29) is 0 Å². The molecule has 0 fully saturated rings. The van der Waals surface area contributed by atoms with Crippen LogP contribution in [0.2, 0.25) is 0 Å². The highest BCUT2D eigenvalue weighted by Crippen LogP contribution is 2.26. The number of aromatic amines is 1. The van der Waals surface area contributed by atoms with Gasteiger partial charge in [-0.1, -0.05) is 35.5 Å². The van der Waals surface area contributed by atoms with Crippen molar-refractivity contribution >= 4 is 5.97 Å². The van der Waals surface area contributed by atoms with Gasteiger partial charge in [-0.2, -0.15) is 18.3 Å². The van der Waals surface area contributed by atoms with E-state index in [4.69, 9.17) is 14.4 Å². The number of benzene rings is 1. The van der Waals surface area contributed by atoms with Crippen molar-refractivity contribution in [2.45, 2.75) is 26.1 Å². The standard InChI is InChI=1S/C17H20N4O.C2HF3O2/c1-13-16(12-21(2)9-8-14-10-18-19-11-14)17(20-22-13)15-6-4-3-5-7-15;3-2(4,5)1(6)7/h3-7,10-11H,8-9,12H2,1-2H3,(H,18,19);(H,6,7). The second kappa shape index (κ2) is 9.87. The van der Waals surface area contributed by atoms with Crippen molar-refractivity contribution in [2.24, 2.45) is 0 Å². The molecule has 0 radical (unpaired) electrons. The Balaban J connectivity index is 0.000000370. The Hall–Kier alpha value is -3.14. The largest absolute Gasteiger partial charge is 0.490 e. The van der Waals surface area contributed by atoms with E-state index in [1.165, 1.54) is 5.56 Å². The first kappa shape index (κ1) is 22.2. The number of nitrogens with zero attached hydrogens (tertiary/aromatic N) is 3. The van der Waals surface area contributed by atoms with Gasteiger partial charge in [0, 0.05) is 30.4 Å². The van der Waals surface area contributed by atoms with Crippen LogP contribution in [0.4, 0.5) is 13.2 Å². The van der Waals surface area contributed by atoms with Crippen LogP contribution in [0, 0.1) is 6.92 Å². The second-order valence-electron chi connectivity index (χ2n) is 6.33. The van der Waals surface area contributed by atoms with Crippen molar-refractivity contribution in [3.8, 4) is 11.3 Å². The van der Waals surface area contributed by atoms with Crippen LogP contribution in [0.25, 0.3) is 11.3 Å². The molecule has 0 saturated heterocycles. The smallest absolute Gasteiger partial charge is 0.475 e. The molecule has 0 aliphatic rings. The molecular weight excluding hydrogens is 389 g/mol. The van der Waals surface area contributed by atoms with Gasteiger partial charge < -0.3 is 14.5 Å². The van der Waals surface area contributed by atoms with Crippen LogP contribution in [0.1, 0.15) is 16.9 Å². The number of likely N-dealkylation sites (N-methyl/N-ethyl adjacent to an activating group) is 1. The fourth-order valence-electron chi connectivity index (χ4n) is 2.48. The lowest BCUT2D eigenvalue weighted by Crippen LogP contribution is -2.21. The second-order valence-corrected chi connectivity index (χ2v) is 6.33. The number of aromatic nitrogens is 3. The van der Waals surface area contributed by atoms with Crippen LogP contribution in [-0.4, -0.2) is 51.1 Å². The lowest BCUT2D eigenvalue weighted by Gasteiger charge is -2.16. The minimum Gasteiger partial charge on any atom is -0.475 e. The maximum atomic E-state index is 10.6. The highest BCUT2D eigenvalue weighted by molar-refractivity contribution is 5.73. The highest BCUT2D eigenvalue weighted by atomic mass is 19.4. The summed E-state index contributed by atoms with van der Waals surface area (Å²) >= 11 is 0. The number of halogens is 3. The number of carboxylic acids is 1. The number of carboxylic acid groups (broad SMARTS) is 1. The first-order valence-corrected chi connectivity index (χ1v) is 8.65. The highest BCUT2D eigenvalue weighted by Gasteiger charge is 2.38. The van der Waals surface area contributed by atoms with E-state index in [2.05, 4.69) is 39.4 Å².